The predicted molar refractivity (Wildman–Crippen MR) is 69.7 cm³/mol. The summed E-state index contributed by atoms with van der Waals surface area (Å²) in [6, 6.07) is 5.92. The molecule has 0 fully saturated rings. The summed E-state index contributed by atoms with van der Waals surface area (Å²) >= 11 is 0. The van der Waals surface area contributed by atoms with Gasteiger partial charge in [-0.05, 0) is 30.5 Å². The van der Waals surface area contributed by atoms with Crippen LogP contribution in [0.5, 0.6) is 11.5 Å². The van der Waals surface area contributed by atoms with Crippen molar-refractivity contribution in [3.05, 3.63) is 42.6 Å². The third-order valence-corrected chi connectivity index (χ3v) is 3.29. The van der Waals surface area contributed by atoms with Crippen molar-refractivity contribution in [3.63, 3.8) is 0 Å². The molecule has 0 saturated carbocycles. The molecule has 0 atom stereocenters. The molecule has 3 aromatic rings. The van der Waals surface area contributed by atoms with E-state index in [0.29, 0.717) is 0 Å². The fourth-order valence-corrected chi connectivity index (χ4v) is 2.34. The molecule has 5 heteroatoms. The smallest absolute Gasteiger partial charge is 0.231 e. The van der Waals surface area contributed by atoms with Crippen LogP contribution in [0.1, 0.15) is 5.82 Å². The van der Waals surface area contributed by atoms with Gasteiger partial charge in [-0.25, -0.2) is 9.97 Å². The van der Waals surface area contributed by atoms with E-state index in [-0.39, 0.29) is 6.79 Å². The molecular formula is C14H11N3O2. The second-order valence-electron chi connectivity index (χ2n) is 4.41. The van der Waals surface area contributed by atoms with Crippen LogP contribution >= 0.6 is 0 Å². The summed E-state index contributed by atoms with van der Waals surface area (Å²) in [5, 5.41) is 2.09. The van der Waals surface area contributed by atoms with Gasteiger partial charge in [-0.3, -0.25) is 4.57 Å². The monoisotopic (exact) mass is 253 g/mol. The van der Waals surface area contributed by atoms with E-state index in [9.17, 15) is 0 Å². The van der Waals surface area contributed by atoms with Crippen molar-refractivity contribution in [1.82, 2.24) is 14.5 Å². The van der Waals surface area contributed by atoms with Gasteiger partial charge in [0.2, 0.25) is 6.79 Å². The Hall–Kier alpha value is -2.56. The molecule has 19 heavy (non-hydrogen) atoms. The maximum Gasteiger partial charge on any atom is 0.231 e. The Morgan fingerprint density at radius 3 is 2.74 bits per heavy atom. The Balaban J connectivity index is 2.04. The number of imidazole rings is 1. The van der Waals surface area contributed by atoms with Gasteiger partial charge in [-0.2, -0.15) is 0 Å². The number of rotatable bonds is 1. The van der Waals surface area contributed by atoms with Crippen LogP contribution in [0, 0.1) is 6.92 Å². The summed E-state index contributed by atoms with van der Waals surface area (Å²) in [5.41, 5.74) is 0. The standard InChI is InChI=1S/C14H11N3O2/c1-9-15-4-5-17(9)14-11-7-13-12(18-8-19-13)6-10(11)2-3-16-14/h2-7H,8H2,1H3. The van der Waals surface area contributed by atoms with Crippen molar-refractivity contribution in [1.29, 1.82) is 0 Å². The highest BCUT2D eigenvalue weighted by Crippen LogP contribution is 2.37. The van der Waals surface area contributed by atoms with Crippen LogP contribution in [-0.2, 0) is 0 Å². The lowest BCUT2D eigenvalue weighted by molar-refractivity contribution is 0.174. The molecule has 0 unspecified atom stereocenters. The zero-order valence-corrected chi connectivity index (χ0v) is 10.3. The number of fused-ring (bicyclic) bond motifs is 2. The Morgan fingerprint density at radius 1 is 1.11 bits per heavy atom. The minimum atomic E-state index is 0.276. The fourth-order valence-electron chi connectivity index (χ4n) is 2.34. The van der Waals surface area contributed by atoms with E-state index in [1.807, 2.05) is 35.9 Å². The summed E-state index contributed by atoms with van der Waals surface area (Å²) in [4.78, 5) is 8.70. The molecule has 0 bridgehead atoms. The zero-order chi connectivity index (χ0) is 12.8. The third-order valence-electron chi connectivity index (χ3n) is 3.29. The molecule has 0 radical (unpaired) electrons. The van der Waals surface area contributed by atoms with Gasteiger partial charge in [0.1, 0.15) is 11.6 Å². The summed E-state index contributed by atoms with van der Waals surface area (Å²) < 4.78 is 12.8. The summed E-state index contributed by atoms with van der Waals surface area (Å²) in [7, 11) is 0. The first-order valence-electron chi connectivity index (χ1n) is 6.01. The van der Waals surface area contributed by atoms with Gasteiger partial charge < -0.3 is 9.47 Å². The molecule has 0 N–H and O–H groups in total. The molecule has 4 rings (SSSR count). The topological polar surface area (TPSA) is 49.2 Å². The first kappa shape index (κ1) is 10.4. The van der Waals surface area contributed by atoms with Gasteiger partial charge in [-0.1, -0.05) is 0 Å². The van der Waals surface area contributed by atoms with E-state index in [4.69, 9.17) is 9.47 Å². The molecule has 3 heterocycles. The number of hydrogen-bond donors (Lipinski definition) is 0. The van der Waals surface area contributed by atoms with Crippen molar-refractivity contribution < 1.29 is 9.47 Å². The Bertz CT molecular complexity index is 779. The molecule has 2 aromatic heterocycles. The third kappa shape index (κ3) is 1.48. The number of ether oxygens (including phenoxy) is 2. The molecule has 1 aliphatic heterocycles. The fraction of sp³-hybridized carbons (Fsp3) is 0.143. The summed E-state index contributed by atoms with van der Waals surface area (Å²) in [5.74, 6) is 3.30. The van der Waals surface area contributed by atoms with Crippen LogP contribution in [0.3, 0.4) is 0 Å². The normalized spacial score (nSPS) is 13.1. The molecule has 0 amide bonds. The van der Waals surface area contributed by atoms with Gasteiger partial charge >= 0.3 is 0 Å². The molecular weight excluding hydrogens is 242 g/mol. The summed E-state index contributed by atoms with van der Waals surface area (Å²) in [6.45, 7) is 2.23. The van der Waals surface area contributed by atoms with Crippen LogP contribution in [0.4, 0.5) is 0 Å². The van der Waals surface area contributed by atoms with E-state index in [2.05, 4.69) is 9.97 Å². The Kier molecular flexibility index (Phi) is 2.03. The van der Waals surface area contributed by atoms with Crippen molar-refractivity contribution in [3.8, 4) is 17.3 Å². The number of benzene rings is 1. The van der Waals surface area contributed by atoms with Crippen LogP contribution in [-0.4, -0.2) is 21.3 Å². The molecule has 1 aliphatic rings. The maximum atomic E-state index is 5.43. The van der Waals surface area contributed by atoms with E-state index < -0.39 is 0 Å². The highest BCUT2D eigenvalue weighted by atomic mass is 16.7. The first-order valence-corrected chi connectivity index (χ1v) is 6.01. The van der Waals surface area contributed by atoms with Crippen molar-refractivity contribution in [2.75, 3.05) is 6.79 Å². The number of aryl methyl sites for hydroxylation is 1. The number of hydrogen-bond acceptors (Lipinski definition) is 4. The van der Waals surface area contributed by atoms with Gasteiger partial charge in [0.25, 0.3) is 0 Å². The molecule has 0 spiro atoms. The average Bonchev–Trinajstić information content (AvgIpc) is 3.03. The second kappa shape index (κ2) is 3.71. The largest absolute Gasteiger partial charge is 0.454 e. The van der Waals surface area contributed by atoms with E-state index >= 15 is 0 Å². The zero-order valence-electron chi connectivity index (χ0n) is 10.3. The first-order chi connectivity index (χ1) is 9.33. The number of pyridine rings is 1. The van der Waals surface area contributed by atoms with Crippen molar-refractivity contribution in [2.45, 2.75) is 6.92 Å². The molecule has 94 valence electrons. The predicted octanol–water partition coefficient (Wildman–Crippen LogP) is 2.46. The maximum absolute atomic E-state index is 5.43. The van der Waals surface area contributed by atoms with Crippen LogP contribution < -0.4 is 9.47 Å². The molecule has 0 saturated heterocycles. The van der Waals surface area contributed by atoms with Crippen LogP contribution in [0.15, 0.2) is 36.8 Å². The van der Waals surface area contributed by atoms with Crippen molar-refractivity contribution in [2.24, 2.45) is 0 Å². The van der Waals surface area contributed by atoms with E-state index in [0.717, 1.165) is 33.9 Å². The lowest BCUT2D eigenvalue weighted by atomic mass is 10.1. The van der Waals surface area contributed by atoms with Crippen molar-refractivity contribution >= 4 is 10.8 Å². The lowest BCUT2D eigenvalue weighted by Crippen LogP contribution is -1.99. The highest BCUT2D eigenvalue weighted by Gasteiger charge is 2.16. The quantitative estimate of drug-likeness (QED) is 0.668. The minimum Gasteiger partial charge on any atom is -0.454 e. The molecule has 0 aliphatic carbocycles. The highest BCUT2D eigenvalue weighted by molar-refractivity contribution is 5.91. The Morgan fingerprint density at radius 2 is 1.95 bits per heavy atom. The Labute approximate surface area is 109 Å². The molecule has 1 aromatic carbocycles. The van der Waals surface area contributed by atoms with Gasteiger partial charge in [0.05, 0.1) is 0 Å². The lowest BCUT2D eigenvalue weighted by Gasteiger charge is -2.08. The van der Waals surface area contributed by atoms with Gasteiger partial charge in [-0.15, -0.1) is 0 Å². The van der Waals surface area contributed by atoms with E-state index in [1.165, 1.54) is 0 Å². The van der Waals surface area contributed by atoms with Crippen LogP contribution in [0.25, 0.3) is 16.6 Å². The van der Waals surface area contributed by atoms with E-state index in [1.54, 1.807) is 12.4 Å². The van der Waals surface area contributed by atoms with Crippen LogP contribution in [0.2, 0.25) is 0 Å². The average molecular weight is 253 g/mol. The second-order valence-corrected chi connectivity index (χ2v) is 4.41. The van der Waals surface area contributed by atoms with Gasteiger partial charge in [0, 0.05) is 24.0 Å². The summed E-state index contributed by atoms with van der Waals surface area (Å²) in [6.07, 6.45) is 5.46. The molecule has 5 nitrogen and oxygen atoms in total. The van der Waals surface area contributed by atoms with Gasteiger partial charge in [0.15, 0.2) is 11.5 Å². The number of aromatic nitrogens is 3. The minimum absolute atomic E-state index is 0.276. The number of nitrogens with zero attached hydrogens (tertiary/aromatic N) is 3. The SMILES string of the molecule is Cc1nccn1-c1nccc2cc3c(cc12)OCO3.